The number of aliphatic hydroxyl groups is 1. The number of hydrogen-bond acceptors (Lipinski definition) is 3. The normalized spacial score (nSPS) is 21.3. The maximum absolute atomic E-state index is 12.0. The maximum Gasteiger partial charge on any atom is 0.234 e. The Hall–Kier alpha value is -1.39. The summed E-state index contributed by atoms with van der Waals surface area (Å²) in [6, 6.07) is 10.1. The van der Waals surface area contributed by atoms with Crippen LogP contribution >= 0.6 is 0 Å². The number of rotatable bonds is 5. The van der Waals surface area contributed by atoms with Gasteiger partial charge in [0.05, 0.1) is 19.2 Å². The van der Waals surface area contributed by atoms with Crippen molar-refractivity contribution in [2.45, 2.75) is 31.8 Å². The first-order chi connectivity index (χ1) is 9.20. The zero-order valence-corrected chi connectivity index (χ0v) is 11.4. The molecule has 2 atom stereocenters. The van der Waals surface area contributed by atoms with Gasteiger partial charge in [0.2, 0.25) is 5.91 Å². The number of carbonyl (C=O) groups is 1. The molecule has 104 valence electrons. The van der Waals surface area contributed by atoms with E-state index >= 15 is 0 Å². The molecule has 1 amide bonds. The third kappa shape index (κ3) is 3.78. The molecule has 1 aliphatic heterocycles. The fourth-order valence-corrected chi connectivity index (χ4v) is 2.61. The molecule has 1 unspecified atom stereocenters. The Balaban J connectivity index is 1.84. The lowest BCUT2D eigenvalue weighted by atomic mass is 10.1. The van der Waals surface area contributed by atoms with Crippen LogP contribution in [-0.2, 0) is 4.79 Å². The predicted octanol–water partition coefficient (Wildman–Crippen LogP) is 1.32. The van der Waals surface area contributed by atoms with E-state index in [0.29, 0.717) is 6.54 Å². The van der Waals surface area contributed by atoms with Crippen LogP contribution in [0.4, 0.5) is 0 Å². The molecule has 0 spiro atoms. The van der Waals surface area contributed by atoms with Crippen LogP contribution in [0.25, 0.3) is 0 Å². The minimum absolute atomic E-state index is 0.0175. The van der Waals surface area contributed by atoms with Crippen LogP contribution in [0.5, 0.6) is 0 Å². The first-order valence-electron chi connectivity index (χ1n) is 6.90. The van der Waals surface area contributed by atoms with E-state index in [1.54, 1.807) is 0 Å². The van der Waals surface area contributed by atoms with Gasteiger partial charge in [-0.2, -0.15) is 0 Å². The zero-order valence-electron chi connectivity index (χ0n) is 11.4. The number of nitrogens with one attached hydrogen (secondary N) is 1. The van der Waals surface area contributed by atoms with Crippen LogP contribution < -0.4 is 5.32 Å². The Labute approximate surface area is 114 Å². The number of aliphatic hydroxyl groups excluding tert-OH is 1. The van der Waals surface area contributed by atoms with Gasteiger partial charge in [-0.3, -0.25) is 9.69 Å². The topological polar surface area (TPSA) is 52.6 Å². The van der Waals surface area contributed by atoms with Crippen molar-refractivity contribution in [2.24, 2.45) is 0 Å². The van der Waals surface area contributed by atoms with Crippen molar-refractivity contribution in [1.82, 2.24) is 10.2 Å². The van der Waals surface area contributed by atoms with Gasteiger partial charge in [-0.05, 0) is 31.9 Å². The molecular weight excluding hydrogens is 240 g/mol. The highest BCUT2D eigenvalue weighted by atomic mass is 16.3. The van der Waals surface area contributed by atoms with Gasteiger partial charge in [-0.15, -0.1) is 0 Å². The van der Waals surface area contributed by atoms with Crippen LogP contribution in [0.2, 0.25) is 0 Å². The lowest BCUT2D eigenvalue weighted by Crippen LogP contribution is -2.41. The number of carbonyl (C=O) groups excluding carboxylic acids is 1. The molecule has 19 heavy (non-hydrogen) atoms. The summed E-state index contributed by atoms with van der Waals surface area (Å²) in [5.41, 5.74) is 1.11. The van der Waals surface area contributed by atoms with Crippen LogP contribution in [0, 0.1) is 0 Å². The van der Waals surface area contributed by atoms with Crippen molar-refractivity contribution in [3.8, 4) is 0 Å². The van der Waals surface area contributed by atoms with E-state index in [9.17, 15) is 9.90 Å². The molecule has 1 aromatic rings. The van der Waals surface area contributed by atoms with Crippen molar-refractivity contribution in [3.63, 3.8) is 0 Å². The van der Waals surface area contributed by atoms with Gasteiger partial charge >= 0.3 is 0 Å². The van der Waals surface area contributed by atoms with E-state index in [1.807, 2.05) is 37.3 Å². The number of likely N-dealkylation sites (tertiary alicyclic amines) is 1. The second-order valence-electron chi connectivity index (χ2n) is 5.15. The Morgan fingerprint density at radius 2 is 2.21 bits per heavy atom. The van der Waals surface area contributed by atoms with Gasteiger partial charge in [0, 0.05) is 6.04 Å². The summed E-state index contributed by atoms with van der Waals surface area (Å²) in [5.74, 6) is 0.0247. The van der Waals surface area contributed by atoms with Gasteiger partial charge in [0.1, 0.15) is 0 Å². The second kappa shape index (κ2) is 6.68. The summed E-state index contributed by atoms with van der Waals surface area (Å²) < 4.78 is 0. The molecule has 0 radical (unpaired) electrons. The highest BCUT2D eigenvalue weighted by molar-refractivity contribution is 5.78. The van der Waals surface area contributed by atoms with Gasteiger partial charge in [0.15, 0.2) is 0 Å². The minimum Gasteiger partial charge on any atom is -0.395 e. The first-order valence-corrected chi connectivity index (χ1v) is 6.90. The molecule has 0 aromatic heterocycles. The highest BCUT2D eigenvalue weighted by Crippen LogP contribution is 2.16. The van der Waals surface area contributed by atoms with Crippen molar-refractivity contribution < 1.29 is 9.90 Å². The Morgan fingerprint density at radius 3 is 2.89 bits per heavy atom. The summed E-state index contributed by atoms with van der Waals surface area (Å²) in [7, 11) is 0. The number of amides is 1. The van der Waals surface area contributed by atoms with E-state index in [4.69, 9.17) is 0 Å². The van der Waals surface area contributed by atoms with E-state index in [1.165, 1.54) is 0 Å². The lowest BCUT2D eigenvalue weighted by Gasteiger charge is -2.23. The van der Waals surface area contributed by atoms with Crippen molar-refractivity contribution in [2.75, 3.05) is 19.7 Å². The average Bonchev–Trinajstić information content (AvgIpc) is 2.86. The van der Waals surface area contributed by atoms with E-state index < -0.39 is 0 Å². The number of hydrogen-bond donors (Lipinski definition) is 2. The van der Waals surface area contributed by atoms with Crippen LogP contribution in [0.1, 0.15) is 31.4 Å². The summed E-state index contributed by atoms with van der Waals surface area (Å²) in [6.45, 7) is 3.41. The Bertz CT molecular complexity index is 408. The van der Waals surface area contributed by atoms with Gasteiger partial charge in [-0.25, -0.2) is 0 Å². The molecule has 1 aromatic carbocycles. The van der Waals surface area contributed by atoms with Crippen LogP contribution in [-0.4, -0.2) is 41.7 Å². The van der Waals surface area contributed by atoms with E-state index in [-0.39, 0.29) is 24.6 Å². The smallest absolute Gasteiger partial charge is 0.234 e. The first kappa shape index (κ1) is 14.0. The van der Waals surface area contributed by atoms with E-state index in [2.05, 4.69) is 10.2 Å². The zero-order chi connectivity index (χ0) is 13.7. The SMILES string of the molecule is CC(NC(=O)CN1CCC[C@H]1CO)c1ccccc1. The quantitative estimate of drug-likeness (QED) is 0.841. The van der Waals surface area contributed by atoms with Crippen LogP contribution in [0.15, 0.2) is 30.3 Å². The van der Waals surface area contributed by atoms with Crippen molar-refractivity contribution in [3.05, 3.63) is 35.9 Å². The minimum atomic E-state index is 0.0175. The summed E-state index contributed by atoms with van der Waals surface area (Å²) in [5, 5.41) is 12.2. The molecular formula is C15H22N2O2. The maximum atomic E-state index is 12.0. The molecule has 0 saturated carbocycles. The second-order valence-corrected chi connectivity index (χ2v) is 5.15. The molecule has 4 nitrogen and oxygen atoms in total. The number of nitrogens with zero attached hydrogens (tertiary/aromatic N) is 1. The molecule has 2 N–H and O–H groups in total. The fraction of sp³-hybridized carbons (Fsp3) is 0.533. The van der Waals surface area contributed by atoms with Gasteiger partial charge < -0.3 is 10.4 Å². The van der Waals surface area contributed by atoms with Gasteiger partial charge in [-0.1, -0.05) is 30.3 Å². The average molecular weight is 262 g/mol. The fourth-order valence-electron chi connectivity index (χ4n) is 2.61. The molecule has 1 fully saturated rings. The predicted molar refractivity (Wildman–Crippen MR) is 74.7 cm³/mol. The van der Waals surface area contributed by atoms with E-state index in [0.717, 1.165) is 24.9 Å². The third-order valence-corrected chi connectivity index (χ3v) is 3.73. The monoisotopic (exact) mass is 262 g/mol. The molecule has 4 heteroatoms. The standard InChI is InChI=1S/C15H22N2O2/c1-12(13-6-3-2-4-7-13)16-15(19)10-17-9-5-8-14(17)11-18/h2-4,6-7,12,14,18H,5,8-11H2,1H3,(H,16,19)/t12?,14-/m0/s1. The highest BCUT2D eigenvalue weighted by Gasteiger charge is 2.25. The molecule has 1 aliphatic rings. The largest absolute Gasteiger partial charge is 0.395 e. The van der Waals surface area contributed by atoms with Crippen LogP contribution in [0.3, 0.4) is 0 Å². The molecule has 0 aliphatic carbocycles. The molecule has 2 rings (SSSR count). The Morgan fingerprint density at radius 1 is 1.47 bits per heavy atom. The summed E-state index contributed by atoms with van der Waals surface area (Å²) in [6.07, 6.45) is 2.05. The lowest BCUT2D eigenvalue weighted by molar-refractivity contribution is -0.123. The molecule has 1 saturated heterocycles. The third-order valence-electron chi connectivity index (χ3n) is 3.73. The number of benzene rings is 1. The molecule has 1 heterocycles. The van der Waals surface area contributed by atoms with Crippen molar-refractivity contribution >= 4 is 5.91 Å². The summed E-state index contributed by atoms with van der Waals surface area (Å²) in [4.78, 5) is 14.1. The summed E-state index contributed by atoms with van der Waals surface area (Å²) >= 11 is 0. The van der Waals surface area contributed by atoms with Gasteiger partial charge in [0.25, 0.3) is 0 Å². The van der Waals surface area contributed by atoms with Crippen molar-refractivity contribution in [1.29, 1.82) is 0 Å². The molecule has 0 bridgehead atoms. The Kier molecular flexibility index (Phi) is 4.93.